The fraction of sp³-hybridized carbons (Fsp3) is 0.500. The lowest BCUT2D eigenvalue weighted by molar-refractivity contribution is -0.130. The van der Waals surface area contributed by atoms with E-state index in [9.17, 15) is 13.6 Å². The Hall–Kier alpha value is -1.40. The molecule has 1 heterocycles. The van der Waals surface area contributed by atoms with E-state index in [-0.39, 0.29) is 30.5 Å². The van der Waals surface area contributed by atoms with Crippen LogP contribution in [-0.4, -0.2) is 43.6 Å². The summed E-state index contributed by atoms with van der Waals surface area (Å²) in [6, 6.07) is 6.43. The fourth-order valence-electron chi connectivity index (χ4n) is 2.23. The molecule has 0 aliphatic carbocycles. The predicted octanol–water partition coefficient (Wildman–Crippen LogP) is 2.07. The van der Waals surface area contributed by atoms with Crippen LogP contribution in [0.1, 0.15) is 12.0 Å². The summed E-state index contributed by atoms with van der Waals surface area (Å²) in [7, 11) is 0. The highest BCUT2D eigenvalue weighted by atomic mass is 35.5. The van der Waals surface area contributed by atoms with Gasteiger partial charge in [0.1, 0.15) is 5.75 Å². The van der Waals surface area contributed by atoms with Crippen LogP contribution < -0.4 is 10.1 Å². The van der Waals surface area contributed by atoms with Gasteiger partial charge in [-0.15, -0.1) is 12.4 Å². The highest BCUT2D eigenvalue weighted by molar-refractivity contribution is 5.85. The van der Waals surface area contributed by atoms with Crippen molar-refractivity contribution in [1.29, 1.82) is 0 Å². The van der Waals surface area contributed by atoms with Crippen LogP contribution in [0.3, 0.4) is 0 Å². The van der Waals surface area contributed by atoms with Crippen LogP contribution in [0.5, 0.6) is 5.75 Å². The summed E-state index contributed by atoms with van der Waals surface area (Å²) < 4.78 is 29.1. The van der Waals surface area contributed by atoms with Gasteiger partial charge in [0, 0.05) is 25.2 Å². The minimum Gasteiger partial charge on any atom is -0.435 e. The first-order chi connectivity index (χ1) is 9.66. The van der Waals surface area contributed by atoms with Crippen LogP contribution in [0, 0.1) is 0 Å². The Balaban J connectivity index is 0.00000220. The summed E-state index contributed by atoms with van der Waals surface area (Å²) in [6.07, 6.45) is 0.990. The van der Waals surface area contributed by atoms with Gasteiger partial charge in [0.05, 0.1) is 6.42 Å². The molecule has 1 N–H and O–H groups in total. The molecule has 1 aromatic carbocycles. The van der Waals surface area contributed by atoms with E-state index in [1.54, 1.807) is 23.1 Å². The number of rotatable bonds is 4. The number of halogens is 3. The lowest BCUT2D eigenvalue weighted by Gasteiger charge is -2.20. The maximum absolute atomic E-state index is 12.3. The first-order valence-electron chi connectivity index (χ1n) is 6.68. The van der Waals surface area contributed by atoms with E-state index in [2.05, 4.69) is 10.1 Å². The summed E-state index contributed by atoms with van der Waals surface area (Å²) in [5.74, 6) is 0.0165. The average molecular weight is 321 g/mol. The van der Waals surface area contributed by atoms with Crippen molar-refractivity contribution in [2.75, 3.05) is 26.2 Å². The largest absolute Gasteiger partial charge is 0.435 e. The third-order valence-corrected chi connectivity index (χ3v) is 3.22. The molecule has 21 heavy (non-hydrogen) atoms. The Morgan fingerprint density at radius 2 is 2.05 bits per heavy atom. The van der Waals surface area contributed by atoms with E-state index in [1.165, 1.54) is 6.07 Å². The zero-order chi connectivity index (χ0) is 14.4. The molecular weight excluding hydrogens is 302 g/mol. The summed E-state index contributed by atoms with van der Waals surface area (Å²) >= 11 is 0. The highest BCUT2D eigenvalue weighted by Crippen LogP contribution is 2.21. The topological polar surface area (TPSA) is 41.6 Å². The van der Waals surface area contributed by atoms with Crippen molar-refractivity contribution in [3.05, 3.63) is 29.8 Å². The standard InChI is InChI=1S/C14H18F2N2O2.ClH/c15-14(16)20-12-5-2-1-4-11(12)10-13(19)18-8-3-6-17-7-9-18;/h1-2,4-5,14,17H,3,6-10H2;1H. The first-order valence-corrected chi connectivity index (χ1v) is 6.68. The Morgan fingerprint density at radius 3 is 2.81 bits per heavy atom. The number of carbonyl (C=O) groups is 1. The van der Waals surface area contributed by atoms with E-state index < -0.39 is 6.61 Å². The maximum atomic E-state index is 12.3. The number of carbonyl (C=O) groups excluding carboxylic acids is 1. The summed E-state index contributed by atoms with van der Waals surface area (Å²) in [4.78, 5) is 14.0. The molecule has 4 nitrogen and oxygen atoms in total. The SMILES string of the molecule is Cl.O=C(Cc1ccccc1OC(F)F)N1CCCNCC1. The molecule has 0 aromatic heterocycles. The zero-order valence-electron chi connectivity index (χ0n) is 11.6. The van der Waals surface area contributed by atoms with Crippen LogP contribution >= 0.6 is 12.4 Å². The molecule has 0 spiro atoms. The van der Waals surface area contributed by atoms with Crippen molar-refractivity contribution >= 4 is 18.3 Å². The van der Waals surface area contributed by atoms with Crippen LogP contribution in [0.25, 0.3) is 0 Å². The van der Waals surface area contributed by atoms with Crippen molar-refractivity contribution in [3.63, 3.8) is 0 Å². The minimum atomic E-state index is -2.88. The fourth-order valence-corrected chi connectivity index (χ4v) is 2.23. The number of para-hydroxylation sites is 1. The van der Waals surface area contributed by atoms with Gasteiger partial charge in [0.15, 0.2) is 0 Å². The summed E-state index contributed by atoms with van der Waals surface area (Å²) in [5.41, 5.74) is 0.495. The first kappa shape index (κ1) is 17.7. The lowest BCUT2D eigenvalue weighted by atomic mass is 10.1. The Bertz CT molecular complexity index is 452. The number of hydrogen-bond donors (Lipinski definition) is 1. The molecule has 1 amide bonds. The molecule has 2 rings (SSSR count). The molecule has 1 aromatic rings. The average Bonchev–Trinajstić information content (AvgIpc) is 2.69. The second-order valence-corrected chi connectivity index (χ2v) is 4.65. The summed E-state index contributed by atoms with van der Waals surface area (Å²) in [6.45, 7) is 0.129. The molecule has 0 atom stereocenters. The quantitative estimate of drug-likeness (QED) is 0.923. The monoisotopic (exact) mass is 320 g/mol. The van der Waals surface area contributed by atoms with Gasteiger partial charge in [-0.05, 0) is 19.0 Å². The Kier molecular flexibility index (Phi) is 7.39. The minimum absolute atomic E-state index is 0. The van der Waals surface area contributed by atoms with Crippen molar-refractivity contribution in [3.8, 4) is 5.75 Å². The highest BCUT2D eigenvalue weighted by Gasteiger charge is 2.18. The maximum Gasteiger partial charge on any atom is 0.387 e. The second-order valence-electron chi connectivity index (χ2n) is 4.65. The lowest BCUT2D eigenvalue weighted by Crippen LogP contribution is -2.35. The van der Waals surface area contributed by atoms with Gasteiger partial charge in [-0.3, -0.25) is 4.79 Å². The number of hydrogen-bond acceptors (Lipinski definition) is 3. The zero-order valence-corrected chi connectivity index (χ0v) is 12.4. The Labute approximate surface area is 128 Å². The summed E-state index contributed by atoms with van der Waals surface area (Å²) in [5, 5.41) is 3.22. The number of ether oxygens (including phenoxy) is 1. The van der Waals surface area contributed by atoms with Gasteiger partial charge < -0.3 is 15.0 Å². The van der Waals surface area contributed by atoms with Gasteiger partial charge in [-0.25, -0.2) is 0 Å². The molecular formula is C14H19ClF2N2O2. The predicted molar refractivity (Wildman–Crippen MR) is 78.1 cm³/mol. The van der Waals surface area contributed by atoms with Crippen LogP contribution in [-0.2, 0) is 11.2 Å². The third kappa shape index (κ3) is 5.47. The van der Waals surface area contributed by atoms with E-state index in [1.807, 2.05) is 0 Å². The molecule has 1 saturated heterocycles. The van der Waals surface area contributed by atoms with E-state index in [4.69, 9.17) is 0 Å². The van der Waals surface area contributed by atoms with Crippen molar-refractivity contribution in [2.45, 2.75) is 19.5 Å². The molecule has 118 valence electrons. The molecule has 0 unspecified atom stereocenters. The van der Waals surface area contributed by atoms with Gasteiger partial charge in [0.2, 0.25) is 5.91 Å². The molecule has 1 aliphatic heterocycles. The third-order valence-electron chi connectivity index (χ3n) is 3.22. The number of nitrogens with zero attached hydrogens (tertiary/aromatic N) is 1. The Morgan fingerprint density at radius 1 is 1.29 bits per heavy atom. The molecule has 7 heteroatoms. The van der Waals surface area contributed by atoms with Crippen LogP contribution in [0.4, 0.5) is 8.78 Å². The number of nitrogens with one attached hydrogen (secondary N) is 1. The second kappa shape index (κ2) is 8.79. The molecule has 1 fully saturated rings. The molecule has 0 radical (unpaired) electrons. The van der Waals surface area contributed by atoms with Crippen LogP contribution in [0.2, 0.25) is 0 Å². The van der Waals surface area contributed by atoms with Gasteiger partial charge in [0.25, 0.3) is 0 Å². The van der Waals surface area contributed by atoms with Gasteiger partial charge in [-0.2, -0.15) is 8.78 Å². The van der Waals surface area contributed by atoms with E-state index >= 15 is 0 Å². The number of amides is 1. The van der Waals surface area contributed by atoms with Crippen molar-refractivity contribution in [1.82, 2.24) is 10.2 Å². The van der Waals surface area contributed by atoms with Gasteiger partial charge in [-0.1, -0.05) is 18.2 Å². The van der Waals surface area contributed by atoms with Gasteiger partial charge >= 0.3 is 6.61 Å². The molecule has 0 saturated carbocycles. The smallest absolute Gasteiger partial charge is 0.387 e. The van der Waals surface area contributed by atoms with Crippen LogP contribution in [0.15, 0.2) is 24.3 Å². The van der Waals surface area contributed by atoms with E-state index in [0.717, 1.165) is 19.5 Å². The molecule has 0 bridgehead atoms. The number of benzene rings is 1. The normalized spacial score (nSPS) is 15.3. The van der Waals surface area contributed by atoms with E-state index in [0.29, 0.717) is 18.7 Å². The molecule has 1 aliphatic rings. The van der Waals surface area contributed by atoms with Crippen molar-refractivity contribution < 1.29 is 18.3 Å². The van der Waals surface area contributed by atoms with Crippen molar-refractivity contribution in [2.24, 2.45) is 0 Å². The number of alkyl halides is 2.